The van der Waals surface area contributed by atoms with Gasteiger partial charge in [0, 0.05) is 34.5 Å². The number of nitrogens with one attached hydrogen (secondary N) is 2. The molecule has 0 unspecified atom stereocenters. The van der Waals surface area contributed by atoms with Gasteiger partial charge in [-0.05, 0) is 71.7 Å². The van der Waals surface area contributed by atoms with E-state index < -0.39 is 0 Å². The van der Waals surface area contributed by atoms with Crippen LogP contribution in [0.15, 0.2) is 71.5 Å². The molecule has 4 heterocycles. The number of H-pyrrole nitrogens is 2. The van der Waals surface area contributed by atoms with E-state index in [1.54, 1.807) is 0 Å². The number of imidazole rings is 1. The molecule has 40 heavy (non-hydrogen) atoms. The minimum Gasteiger partial charge on any atom is -0.326 e. The predicted molar refractivity (Wildman–Crippen MR) is 156 cm³/mol. The number of aromatic amines is 2. The summed E-state index contributed by atoms with van der Waals surface area (Å²) in [5.41, 5.74) is 8.64. The maximum absolute atomic E-state index is 12.7. The Labute approximate surface area is 231 Å². The van der Waals surface area contributed by atoms with Crippen LogP contribution in [0.1, 0.15) is 42.5 Å². The summed E-state index contributed by atoms with van der Waals surface area (Å²) in [7, 11) is 0. The van der Waals surface area contributed by atoms with Crippen molar-refractivity contribution in [1.29, 1.82) is 0 Å². The molecule has 6 aromatic rings. The van der Waals surface area contributed by atoms with Crippen molar-refractivity contribution < 1.29 is 0 Å². The van der Waals surface area contributed by atoms with Gasteiger partial charge in [-0.3, -0.25) is 4.79 Å². The van der Waals surface area contributed by atoms with Gasteiger partial charge in [0.15, 0.2) is 11.5 Å². The Kier molecular flexibility index (Phi) is 6.77. The minimum atomic E-state index is -0.122. The van der Waals surface area contributed by atoms with Gasteiger partial charge in [-0.25, -0.2) is 15.1 Å². The molecule has 0 fully saturated rings. The Morgan fingerprint density at radius 1 is 0.875 bits per heavy atom. The number of aromatic nitrogens is 8. The second-order valence-electron chi connectivity index (χ2n) is 10.1. The third kappa shape index (κ3) is 4.82. The van der Waals surface area contributed by atoms with Gasteiger partial charge in [0.05, 0.1) is 6.54 Å². The monoisotopic (exact) mass is 530 g/mol. The van der Waals surface area contributed by atoms with Crippen molar-refractivity contribution in [1.82, 2.24) is 40.1 Å². The highest BCUT2D eigenvalue weighted by Crippen LogP contribution is 2.32. The number of pyridine rings is 2. The van der Waals surface area contributed by atoms with Gasteiger partial charge < -0.3 is 9.55 Å². The zero-order valence-corrected chi connectivity index (χ0v) is 22.8. The summed E-state index contributed by atoms with van der Waals surface area (Å²) in [5.74, 6) is 1.60. The zero-order chi connectivity index (χ0) is 27.6. The molecule has 9 nitrogen and oxygen atoms in total. The largest absolute Gasteiger partial charge is 0.326 e. The zero-order valence-electron chi connectivity index (χ0n) is 22.8. The summed E-state index contributed by atoms with van der Waals surface area (Å²) >= 11 is 0. The van der Waals surface area contributed by atoms with Crippen LogP contribution in [-0.2, 0) is 13.0 Å². The van der Waals surface area contributed by atoms with E-state index in [9.17, 15) is 4.79 Å². The molecule has 0 aliphatic heterocycles. The van der Waals surface area contributed by atoms with Crippen molar-refractivity contribution in [2.24, 2.45) is 0 Å². The van der Waals surface area contributed by atoms with Crippen LogP contribution in [0, 0.1) is 13.8 Å². The van der Waals surface area contributed by atoms with Crippen molar-refractivity contribution in [3.63, 3.8) is 0 Å². The molecular weight excluding hydrogens is 500 g/mol. The number of hydrogen-bond acceptors (Lipinski definition) is 6. The molecule has 0 spiro atoms. The van der Waals surface area contributed by atoms with Gasteiger partial charge in [0.1, 0.15) is 11.3 Å². The number of unbranched alkanes of at least 4 members (excludes halogenated alkanes) is 1. The smallest absolute Gasteiger partial charge is 0.256 e. The normalized spacial score (nSPS) is 11.4. The van der Waals surface area contributed by atoms with Crippen LogP contribution < -0.4 is 5.56 Å². The van der Waals surface area contributed by atoms with Crippen LogP contribution in [0.2, 0.25) is 0 Å². The van der Waals surface area contributed by atoms with Crippen molar-refractivity contribution in [3.05, 3.63) is 99.9 Å². The fraction of sp³-hybridized carbons (Fsp3) is 0.226. The van der Waals surface area contributed by atoms with Crippen molar-refractivity contribution in [2.45, 2.75) is 46.6 Å². The van der Waals surface area contributed by atoms with Crippen molar-refractivity contribution in [2.75, 3.05) is 0 Å². The first kappa shape index (κ1) is 25.4. The van der Waals surface area contributed by atoms with E-state index in [0.29, 0.717) is 17.9 Å². The molecule has 0 aliphatic rings. The summed E-state index contributed by atoms with van der Waals surface area (Å²) in [6, 6.07) is 22.4. The number of benzene rings is 2. The van der Waals surface area contributed by atoms with Gasteiger partial charge in [-0.1, -0.05) is 55.8 Å². The topological polar surface area (TPSA) is 118 Å². The second-order valence-corrected chi connectivity index (χ2v) is 10.1. The standard InChI is InChI=1S/C31H30N8O/c1-4-5-11-28-34-27-17-25(24-14-12-19(2)32-31(24)40)20(3)33-30(27)39(28)18-21-13-15-23(22-9-7-6-8-10-22)26(16-21)29-35-37-38-36-29/h6-10,12-17H,4-5,11,18H2,1-3H3,(H,32,40)(H,35,36,37,38). The molecule has 0 radical (unpaired) electrons. The van der Waals surface area contributed by atoms with Crippen molar-refractivity contribution >= 4 is 11.2 Å². The van der Waals surface area contributed by atoms with Crippen molar-refractivity contribution in [3.8, 4) is 33.6 Å². The van der Waals surface area contributed by atoms with E-state index in [-0.39, 0.29) is 5.56 Å². The Morgan fingerprint density at radius 3 is 2.45 bits per heavy atom. The highest BCUT2D eigenvalue weighted by molar-refractivity contribution is 5.82. The van der Waals surface area contributed by atoms with E-state index in [4.69, 9.17) is 9.97 Å². The SMILES string of the molecule is CCCCc1nc2cc(-c3ccc(C)[nH]c3=O)c(C)nc2n1Cc1ccc(-c2ccccc2)c(-c2nnn[nH]2)c1. The minimum absolute atomic E-state index is 0.122. The predicted octanol–water partition coefficient (Wildman–Crippen LogP) is 5.64. The molecule has 0 aliphatic carbocycles. The summed E-state index contributed by atoms with van der Waals surface area (Å²) in [5, 5.41) is 14.8. The summed E-state index contributed by atoms with van der Waals surface area (Å²) in [4.78, 5) is 25.6. The average molecular weight is 531 g/mol. The molecule has 0 atom stereocenters. The Morgan fingerprint density at radius 2 is 1.70 bits per heavy atom. The van der Waals surface area contributed by atoms with E-state index >= 15 is 0 Å². The first-order chi connectivity index (χ1) is 19.5. The van der Waals surface area contributed by atoms with E-state index in [2.05, 4.69) is 67.4 Å². The lowest BCUT2D eigenvalue weighted by Crippen LogP contribution is -2.11. The third-order valence-electron chi connectivity index (χ3n) is 7.20. The van der Waals surface area contributed by atoms with Crippen LogP contribution in [0.3, 0.4) is 0 Å². The van der Waals surface area contributed by atoms with Gasteiger partial charge in [-0.15, -0.1) is 5.10 Å². The van der Waals surface area contributed by atoms with Gasteiger partial charge >= 0.3 is 0 Å². The van der Waals surface area contributed by atoms with Crippen LogP contribution in [0.5, 0.6) is 0 Å². The van der Waals surface area contributed by atoms with Gasteiger partial charge in [-0.2, -0.15) is 0 Å². The molecule has 200 valence electrons. The Hall–Kier alpha value is -4.92. The lowest BCUT2D eigenvalue weighted by molar-refractivity contribution is 0.686. The number of hydrogen-bond donors (Lipinski definition) is 2. The average Bonchev–Trinajstić information content (AvgIpc) is 3.61. The molecule has 0 saturated heterocycles. The number of tetrazole rings is 1. The van der Waals surface area contributed by atoms with E-state index in [0.717, 1.165) is 75.5 Å². The maximum Gasteiger partial charge on any atom is 0.256 e. The number of rotatable bonds is 8. The fourth-order valence-electron chi connectivity index (χ4n) is 5.14. The first-order valence-electron chi connectivity index (χ1n) is 13.5. The van der Waals surface area contributed by atoms with Gasteiger partial charge in [0.2, 0.25) is 0 Å². The van der Waals surface area contributed by atoms with Crippen LogP contribution in [0.25, 0.3) is 44.8 Å². The molecule has 2 aromatic carbocycles. The maximum atomic E-state index is 12.7. The van der Waals surface area contributed by atoms with E-state index in [1.165, 1.54) is 0 Å². The molecule has 0 saturated carbocycles. The quantitative estimate of drug-likeness (QED) is 0.263. The summed E-state index contributed by atoms with van der Waals surface area (Å²) < 4.78 is 2.20. The number of fused-ring (bicyclic) bond motifs is 1. The molecule has 4 aromatic heterocycles. The fourth-order valence-corrected chi connectivity index (χ4v) is 5.14. The highest BCUT2D eigenvalue weighted by Gasteiger charge is 2.18. The Bertz CT molecular complexity index is 1850. The number of nitrogens with zero attached hydrogens (tertiary/aromatic N) is 6. The summed E-state index contributed by atoms with van der Waals surface area (Å²) in [6.45, 7) is 6.59. The first-order valence-corrected chi connectivity index (χ1v) is 13.5. The number of aryl methyl sites for hydroxylation is 3. The molecule has 9 heteroatoms. The molecule has 2 N–H and O–H groups in total. The van der Waals surface area contributed by atoms with Gasteiger partial charge in [0.25, 0.3) is 5.56 Å². The third-order valence-corrected chi connectivity index (χ3v) is 7.20. The van der Waals surface area contributed by atoms with E-state index in [1.807, 2.05) is 50.2 Å². The lowest BCUT2D eigenvalue weighted by Gasteiger charge is -2.13. The Balaban J connectivity index is 1.46. The second kappa shape index (κ2) is 10.7. The summed E-state index contributed by atoms with van der Waals surface area (Å²) in [6.07, 6.45) is 2.93. The molecule has 0 bridgehead atoms. The molecule has 0 amide bonds. The molecule has 6 rings (SSSR count). The van der Waals surface area contributed by atoms with Crippen LogP contribution in [-0.4, -0.2) is 40.1 Å². The highest BCUT2D eigenvalue weighted by atomic mass is 16.1. The molecular formula is C31H30N8O. The lowest BCUT2D eigenvalue weighted by atomic mass is 9.97. The van der Waals surface area contributed by atoms with Crippen LogP contribution in [0.4, 0.5) is 0 Å². The van der Waals surface area contributed by atoms with Crippen LogP contribution >= 0.6 is 0 Å².